The number of carbonyl (C=O) groups excluding carboxylic acids is 1. The molecule has 2 amide bonds. The van der Waals surface area contributed by atoms with Gasteiger partial charge in [0.25, 0.3) is 0 Å². The molecule has 2 heterocycles. The largest absolute Gasteiger partial charge is 0.479 e. The number of carbonyl (C=O) groups is 2. The molecule has 21 heavy (non-hydrogen) atoms. The van der Waals surface area contributed by atoms with E-state index in [2.05, 4.69) is 22.7 Å². The summed E-state index contributed by atoms with van der Waals surface area (Å²) in [5.41, 5.74) is 0.446. The summed E-state index contributed by atoms with van der Waals surface area (Å²) in [5, 5.41) is 18.4. The van der Waals surface area contributed by atoms with Gasteiger partial charge in [0.05, 0.1) is 6.20 Å². The zero-order valence-electron chi connectivity index (χ0n) is 12.1. The maximum Gasteiger partial charge on any atom is 0.331 e. The predicted molar refractivity (Wildman–Crippen MR) is 80.2 cm³/mol. The number of aliphatic carboxylic acids is 1. The average Bonchev–Trinajstić information content (AvgIpc) is 3.03. The number of nitrogens with zero attached hydrogens (tertiary/aromatic N) is 2. The lowest BCUT2D eigenvalue weighted by Gasteiger charge is -2.23. The highest BCUT2D eigenvalue weighted by Gasteiger charge is 2.30. The van der Waals surface area contributed by atoms with E-state index in [-0.39, 0.29) is 4.75 Å². The Labute approximate surface area is 127 Å². The third-order valence-electron chi connectivity index (χ3n) is 3.50. The van der Waals surface area contributed by atoms with Crippen LogP contribution in [0, 0.1) is 0 Å². The Morgan fingerprint density at radius 3 is 2.90 bits per heavy atom. The van der Waals surface area contributed by atoms with Gasteiger partial charge in [-0.05, 0) is 25.5 Å². The molecule has 1 fully saturated rings. The van der Waals surface area contributed by atoms with Gasteiger partial charge in [-0.15, -0.1) is 0 Å². The smallest absolute Gasteiger partial charge is 0.331 e. The van der Waals surface area contributed by atoms with E-state index < -0.39 is 18.0 Å². The number of thioether (sulfide) groups is 1. The fraction of sp³-hybridized carbons (Fsp3) is 0.615. The van der Waals surface area contributed by atoms with E-state index >= 15 is 0 Å². The summed E-state index contributed by atoms with van der Waals surface area (Å²) in [6, 6.07) is -1.57. The number of urea groups is 1. The molecule has 116 valence electrons. The van der Waals surface area contributed by atoms with Gasteiger partial charge in [0, 0.05) is 30.1 Å². The molecule has 2 rings (SSSR count). The summed E-state index contributed by atoms with van der Waals surface area (Å²) in [5.74, 6) is -0.00708. The molecule has 1 aliphatic rings. The van der Waals surface area contributed by atoms with Crippen LogP contribution in [0.25, 0.3) is 0 Å². The standard InChI is InChI=1S/C13H20N4O3S/c1-13(4-3-5-21-13)8-14-12(20)16-10(11(18)19)9-6-15-17(2)7-9/h6-7,10H,3-5,8H2,1-2H3,(H,18,19)(H2,14,16,20). The second-order valence-electron chi connectivity index (χ2n) is 5.45. The minimum absolute atomic E-state index is 0.0460. The zero-order chi connectivity index (χ0) is 15.5. The Morgan fingerprint density at radius 2 is 2.38 bits per heavy atom. The third-order valence-corrected chi connectivity index (χ3v) is 5.04. The van der Waals surface area contributed by atoms with Crippen LogP contribution < -0.4 is 10.6 Å². The molecule has 1 aromatic rings. The van der Waals surface area contributed by atoms with E-state index in [0.29, 0.717) is 12.1 Å². The topological polar surface area (TPSA) is 96.2 Å². The number of amides is 2. The number of rotatable bonds is 5. The zero-order valence-corrected chi connectivity index (χ0v) is 12.9. The Kier molecular flexibility index (Phi) is 4.76. The van der Waals surface area contributed by atoms with Crippen LogP contribution in [0.1, 0.15) is 31.4 Å². The van der Waals surface area contributed by atoms with Crippen molar-refractivity contribution in [3.63, 3.8) is 0 Å². The van der Waals surface area contributed by atoms with Gasteiger partial charge in [0.2, 0.25) is 0 Å². The molecule has 8 heteroatoms. The van der Waals surface area contributed by atoms with Crippen LogP contribution in [-0.4, -0.2) is 43.9 Å². The van der Waals surface area contributed by atoms with Crippen LogP contribution in [-0.2, 0) is 11.8 Å². The van der Waals surface area contributed by atoms with Gasteiger partial charge in [0.15, 0.2) is 6.04 Å². The van der Waals surface area contributed by atoms with E-state index in [1.54, 1.807) is 13.2 Å². The van der Waals surface area contributed by atoms with Gasteiger partial charge in [-0.2, -0.15) is 16.9 Å². The third kappa shape index (κ3) is 4.13. The summed E-state index contributed by atoms with van der Waals surface area (Å²) in [7, 11) is 1.70. The number of carboxylic acid groups (broad SMARTS) is 1. The van der Waals surface area contributed by atoms with E-state index in [4.69, 9.17) is 0 Å². The van der Waals surface area contributed by atoms with E-state index in [1.807, 2.05) is 11.8 Å². The SMILES string of the molecule is Cn1cc(C(NC(=O)NCC2(C)CCCS2)C(=O)O)cn1. The lowest BCUT2D eigenvalue weighted by atomic mass is 10.1. The first kappa shape index (κ1) is 15.7. The lowest BCUT2D eigenvalue weighted by molar-refractivity contribution is -0.139. The van der Waals surface area contributed by atoms with E-state index in [1.165, 1.54) is 10.9 Å². The van der Waals surface area contributed by atoms with Crippen molar-refractivity contribution >= 4 is 23.8 Å². The maximum absolute atomic E-state index is 11.9. The van der Waals surface area contributed by atoms with Crippen LogP contribution in [0.4, 0.5) is 4.79 Å². The molecular formula is C13H20N4O3S. The van der Waals surface area contributed by atoms with E-state index in [0.717, 1.165) is 18.6 Å². The Morgan fingerprint density at radius 1 is 1.62 bits per heavy atom. The van der Waals surface area contributed by atoms with Crippen molar-refractivity contribution in [3.8, 4) is 0 Å². The quantitative estimate of drug-likeness (QED) is 0.757. The first-order valence-corrected chi connectivity index (χ1v) is 7.78. The lowest BCUT2D eigenvalue weighted by Crippen LogP contribution is -2.45. The van der Waals surface area contributed by atoms with Gasteiger partial charge < -0.3 is 15.7 Å². The number of hydrogen-bond acceptors (Lipinski definition) is 4. The Bertz CT molecular complexity index is 525. The van der Waals surface area contributed by atoms with Crippen LogP contribution >= 0.6 is 11.8 Å². The Hall–Kier alpha value is -1.70. The number of carboxylic acids is 1. The van der Waals surface area contributed by atoms with Crippen LogP contribution in [0.3, 0.4) is 0 Å². The monoisotopic (exact) mass is 312 g/mol. The molecule has 0 bridgehead atoms. The maximum atomic E-state index is 11.9. The molecule has 0 aliphatic carbocycles. The van der Waals surface area contributed by atoms with Crippen molar-refractivity contribution in [1.82, 2.24) is 20.4 Å². The molecule has 1 aromatic heterocycles. The average molecular weight is 312 g/mol. The molecule has 0 radical (unpaired) electrons. The van der Waals surface area contributed by atoms with Gasteiger partial charge in [-0.3, -0.25) is 4.68 Å². The summed E-state index contributed by atoms with van der Waals surface area (Å²) in [6.45, 7) is 2.64. The fourth-order valence-electron chi connectivity index (χ4n) is 2.30. The van der Waals surface area contributed by atoms with Crippen molar-refractivity contribution < 1.29 is 14.7 Å². The molecule has 7 nitrogen and oxygen atoms in total. The van der Waals surface area contributed by atoms with Crippen LogP contribution in [0.15, 0.2) is 12.4 Å². The predicted octanol–water partition coefficient (Wildman–Crippen LogP) is 1.13. The van der Waals surface area contributed by atoms with Gasteiger partial charge >= 0.3 is 12.0 Å². The van der Waals surface area contributed by atoms with Crippen molar-refractivity contribution in [3.05, 3.63) is 18.0 Å². The van der Waals surface area contributed by atoms with E-state index in [9.17, 15) is 14.7 Å². The summed E-state index contributed by atoms with van der Waals surface area (Å²) >= 11 is 1.84. The molecule has 2 unspecified atom stereocenters. The minimum Gasteiger partial charge on any atom is -0.479 e. The molecule has 0 saturated carbocycles. The molecule has 2 atom stereocenters. The minimum atomic E-state index is -1.11. The molecule has 0 spiro atoms. The van der Waals surface area contributed by atoms with Crippen molar-refractivity contribution in [2.75, 3.05) is 12.3 Å². The van der Waals surface area contributed by atoms with Gasteiger partial charge in [-0.1, -0.05) is 0 Å². The highest BCUT2D eigenvalue weighted by molar-refractivity contribution is 8.00. The molecule has 3 N–H and O–H groups in total. The van der Waals surface area contributed by atoms with Crippen LogP contribution in [0.5, 0.6) is 0 Å². The second kappa shape index (κ2) is 6.38. The summed E-state index contributed by atoms with van der Waals surface area (Å²) in [6.07, 6.45) is 5.22. The van der Waals surface area contributed by atoms with Crippen molar-refractivity contribution in [1.29, 1.82) is 0 Å². The molecule has 1 aliphatic heterocycles. The first-order chi connectivity index (χ1) is 9.89. The number of nitrogens with one attached hydrogen (secondary N) is 2. The second-order valence-corrected chi connectivity index (χ2v) is 7.13. The van der Waals surface area contributed by atoms with Crippen molar-refractivity contribution in [2.24, 2.45) is 7.05 Å². The van der Waals surface area contributed by atoms with Gasteiger partial charge in [-0.25, -0.2) is 9.59 Å². The van der Waals surface area contributed by atoms with Crippen molar-refractivity contribution in [2.45, 2.75) is 30.6 Å². The highest BCUT2D eigenvalue weighted by Crippen LogP contribution is 2.36. The van der Waals surface area contributed by atoms with Gasteiger partial charge in [0.1, 0.15) is 0 Å². The highest BCUT2D eigenvalue weighted by atomic mass is 32.2. The molecular weight excluding hydrogens is 292 g/mol. The number of aromatic nitrogens is 2. The molecule has 1 saturated heterocycles. The summed E-state index contributed by atoms with van der Waals surface area (Å²) in [4.78, 5) is 23.2. The number of aryl methyl sites for hydroxylation is 1. The Balaban J connectivity index is 1.91. The first-order valence-electron chi connectivity index (χ1n) is 6.79. The normalized spacial score (nSPS) is 22.8. The van der Waals surface area contributed by atoms with Crippen LogP contribution in [0.2, 0.25) is 0 Å². The molecule has 0 aromatic carbocycles. The summed E-state index contributed by atoms with van der Waals surface area (Å²) < 4.78 is 1.55. The number of hydrogen-bond donors (Lipinski definition) is 3. The fourth-order valence-corrected chi connectivity index (χ4v) is 3.55.